The third kappa shape index (κ3) is 6.35. The summed E-state index contributed by atoms with van der Waals surface area (Å²) in [6, 6.07) is 9.14. The number of phenols is 1. The first-order valence-electron chi connectivity index (χ1n) is 18.6. The van der Waals surface area contributed by atoms with Gasteiger partial charge in [0.15, 0.2) is 12.0 Å². The van der Waals surface area contributed by atoms with Gasteiger partial charge in [0.25, 0.3) is 10.2 Å². The number of fused-ring (bicyclic) bond motifs is 3. The van der Waals surface area contributed by atoms with Crippen LogP contribution in [0.15, 0.2) is 36.4 Å². The van der Waals surface area contributed by atoms with Gasteiger partial charge in [-0.2, -0.15) is 23.1 Å². The largest absolute Gasteiger partial charge is 0.508 e. The normalized spacial score (nSPS) is 25.1. The number of amides is 1. The van der Waals surface area contributed by atoms with Crippen molar-refractivity contribution < 1.29 is 36.6 Å². The van der Waals surface area contributed by atoms with Crippen LogP contribution >= 0.6 is 0 Å². The number of aromatic hydroxyl groups is 1. The molecule has 16 heteroatoms. The molecule has 1 aromatic heterocycles. The van der Waals surface area contributed by atoms with Crippen molar-refractivity contribution in [2.24, 2.45) is 0 Å². The molecular formula is C38H45F2N7O6S. The van der Waals surface area contributed by atoms with Gasteiger partial charge in [-0.1, -0.05) is 19.1 Å². The molecule has 0 aliphatic carbocycles. The van der Waals surface area contributed by atoms with Crippen molar-refractivity contribution in [1.29, 1.82) is 0 Å². The standard InChI is InChI=1S/C38H45F2N7O6S/c1-4-25-29(39)11-8-23-18-24(48)19-28(31(23)25)26-9-10-27-33(32(26)40)42-35(43-34(27)46-16-6-13-37(21-46)20-41-54(50,51)44-37)52-22-38-14-7-17-47(38)30(12-15-38)53-36(49)45(3)5-2/h8-11,18-19,30,41,44,48H,4-7,12-17,20-22H2,1-3H3/t30-,37?,38+/m0/s1. The van der Waals surface area contributed by atoms with Gasteiger partial charge in [-0.3, -0.25) is 4.90 Å². The summed E-state index contributed by atoms with van der Waals surface area (Å²) in [6.07, 6.45) is 3.91. The van der Waals surface area contributed by atoms with Crippen LogP contribution in [0.25, 0.3) is 32.8 Å². The van der Waals surface area contributed by atoms with Crippen LogP contribution in [-0.2, 0) is 21.4 Å². The molecule has 288 valence electrons. The Kier molecular flexibility index (Phi) is 9.30. The number of nitrogens with one attached hydrogen (secondary N) is 2. The predicted octanol–water partition coefficient (Wildman–Crippen LogP) is 5.19. The van der Waals surface area contributed by atoms with Crippen molar-refractivity contribution in [2.45, 2.75) is 76.1 Å². The summed E-state index contributed by atoms with van der Waals surface area (Å²) in [4.78, 5) is 27.8. The van der Waals surface area contributed by atoms with Crippen LogP contribution in [0.5, 0.6) is 11.8 Å². The highest BCUT2D eigenvalue weighted by molar-refractivity contribution is 7.87. The highest BCUT2D eigenvalue weighted by Gasteiger charge is 2.52. The van der Waals surface area contributed by atoms with E-state index in [2.05, 4.69) is 19.3 Å². The summed E-state index contributed by atoms with van der Waals surface area (Å²) >= 11 is 0. The van der Waals surface area contributed by atoms with Crippen LogP contribution in [0.2, 0.25) is 0 Å². The molecule has 0 radical (unpaired) electrons. The Balaban J connectivity index is 1.21. The number of rotatable bonds is 8. The number of phenolic OH excluding ortho intramolecular Hbond substituents is 1. The van der Waals surface area contributed by atoms with Gasteiger partial charge in [0.1, 0.15) is 29.5 Å². The van der Waals surface area contributed by atoms with Gasteiger partial charge in [-0.25, -0.2) is 18.3 Å². The van der Waals surface area contributed by atoms with Gasteiger partial charge in [0, 0.05) is 57.1 Å². The Bertz CT molecular complexity index is 2260. The number of carbonyl (C=O) groups is 1. The Morgan fingerprint density at radius 3 is 2.65 bits per heavy atom. The van der Waals surface area contributed by atoms with E-state index in [0.717, 1.165) is 25.8 Å². The van der Waals surface area contributed by atoms with E-state index in [-0.39, 0.29) is 48.6 Å². The molecule has 5 heterocycles. The molecule has 4 aliphatic heterocycles. The number of aromatic nitrogens is 2. The van der Waals surface area contributed by atoms with Crippen LogP contribution in [0.4, 0.5) is 19.4 Å². The minimum atomic E-state index is -3.66. The van der Waals surface area contributed by atoms with Gasteiger partial charge >= 0.3 is 12.1 Å². The average Bonchev–Trinajstić information content (AvgIpc) is 3.81. The molecule has 4 aromatic rings. The number of benzene rings is 3. The van der Waals surface area contributed by atoms with Crippen LogP contribution in [-0.4, -0.2) is 103 Å². The minimum Gasteiger partial charge on any atom is -0.508 e. The molecule has 0 bridgehead atoms. The first-order valence-corrected chi connectivity index (χ1v) is 20.1. The summed E-state index contributed by atoms with van der Waals surface area (Å²) in [5.74, 6) is -0.807. The number of nitrogens with zero attached hydrogens (tertiary/aromatic N) is 5. The van der Waals surface area contributed by atoms with Crippen molar-refractivity contribution in [3.05, 3.63) is 53.6 Å². The second-order valence-electron chi connectivity index (χ2n) is 15.1. The second kappa shape index (κ2) is 13.7. The number of ether oxygens (including phenoxy) is 2. The first-order chi connectivity index (χ1) is 25.8. The maximum absolute atomic E-state index is 17.2. The number of piperidine rings is 1. The summed E-state index contributed by atoms with van der Waals surface area (Å²) in [5.41, 5.74) is -0.375. The maximum atomic E-state index is 17.2. The third-order valence-electron chi connectivity index (χ3n) is 11.7. The number of anilines is 1. The SMILES string of the molecule is CCc1c(F)ccc2cc(O)cc(-c3ccc4c(N5CCCC6(CNS(=O)(=O)N6)C5)nc(OC[C@]56CCCN5[C@@H](OC(=O)N(C)CC)CC6)nc4c3F)c12. The van der Waals surface area contributed by atoms with E-state index in [4.69, 9.17) is 14.5 Å². The van der Waals surface area contributed by atoms with Crippen LogP contribution < -0.4 is 19.1 Å². The second-order valence-corrected chi connectivity index (χ2v) is 16.6. The molecule has 54 heavy (non-hydrogen) atoms. The average molecular weight is 766 g/mol. The highest BCUT2D eigenvalue weighted by Crippen LogP contribution is 2.44. The Hall–Kier alpha value is -4.38. The van der Waals surface area contributed by atoms with Crippen molar-refractivity contribution in [2.75, 3.05) is 51.3 Å². The van der Waals surface area contributed by atoms with E-state index in [1.54, 1.807) is 25.2 Å². The zero-order valence-corrected chi connectivity index (χ0v) is 31.4. The number of carbonyl (C=O) groups excluding carboxylic acids is 1. The lowest BCUT2D eigenvalue weighted by Crippen LogP contribution is -2.56. The van der Waals surface area contributed by atoms with Gasteiger partial charge < -0.3 is 24.4 Å². The molecule has 3 aromatic carbocycles. The van der Waals surface area contributed by atoms with E-state index in [1.165, 1.54) is 23.1 Å². The van der Waals surface area contributed by atoms with E-state index >= 15 is 8.78 Å². The lowest BCUT2D eigenvalue weighted by atomic mass is 9.90. The molecular weight excluding hydrogens is 721 g/mol. The fourth-order valence-electron chi connectivity index (χ4n) is 8.94. The minimum absolute atomic E-state index is 0.0233. The van der Waals surface area contributed by atoms with E-state index < -0.39 is 39.1 Å². The molecule has 1 spiro atoms. The van der Waals surface area contributed by atoms with Crippen molar-refractivity contribution in [1.82, 2.24) is 29.2 Å². The first kappa shape index (κ1) is 36.6. The summed E-state index contributed by atoms with van der Waals surface area (Å²) < 4.78 is 74.8. The number of hydrogen-bond acceptors (Lipinski definition) is 10. The predicted molar refractivity (Wildman–Crippen MR) is 200 cm³/mol. The van der Waals surface area contributed by atoms with Crippen LogP contribution in [0, 0.1) is 11.6 Å². The van der Waals surface area contributed by atoms with Crippen LogP contribution in [0.1, 0.15) is 57.9 Å². The Morgan fingerprint density at radius 2 is 1.89 bits per heavy atom. The van der Waals surface area contributed by atoms with Crippen molar-refractivity contribution in [3.8, 4) is 22.9 Å². The topological polar surface area (TPSA) is 149 Å². The number of hydrogen-bond donors (Lipinski definition) is 3. The summed E-state index contributed by atoms with van der Waals surface area (Å²) in [6.45, 7) is 6.17. The zero-order valence-electron chi connectivity index (χ0n) is 30.6. The molecule has 8 rings (SSSR count). The quantitative estimate of drug-likeness (QED) is 0.219. The molecule has 1 unspecified atom stereocenters. The molecule has 4 saturated heterocycles. The third-order valence-corrected chi connectivity index (χ3v) is 13.0. The molecule has 13 nitrogen and oxygen atoms in total. The summed E-state index contributed by atoms with van der Waals surface area (Å²) in [7, 11) is -1.96. The molecule has 3 atom stereocenters. The van der Waals surface area contributed by atoms with Crippen molar-refractivity contribution >= 4 is 43.8 Å². The molecule has 4 fully saturated rings. The fourth-order valence-corrected chi connectivity index (χ4v) is 10.3. The van der Waals surface area contributed by atoms with Gasteiger partial charge in [-0.05, 0) is 91.6 Å². The van der Waals surface area contributed by atoms with E-state index in [0.29, 0.717) is 71.9 Å². The maximum Gasteiger partial charge on any atom is 0.411 e. The Labute approximate surface area is 312 Å². The van der Waals surface area contributed by atoms with E-state index in [9.17, 15) is 18.3 Å². The monoisotopic (exact) mass is 765 g/mol. The van der Waals surface area contributed by atoms with Crippen LogP contribution in [0.3, 0.4) is 0 Å². The van der Waals surface area contributed by atoms with Crippen molar-refractivity contribution in [3.63, 3.8) is 0 Å². The van der Waals surface area contributed by atoms with E-state index in [1.807, 2.05) is 18.7 Å². The smallest absolute Gasteiger partial charge is 0.411 e. The molecule has 0 saturated carbocycles. The van der Waals surface area contributed by atoms with Gasteiger partial charge in [-0.15, -0.1) is 0 Å². The lowest BCUT2D eigenvalue weighted by Gasteiger charge is -2.40. The fraction of sp³-hybridized carbons (Fsp3) is 0.500. The Morgan fingerprint density at radius 1 is 1.07 bits per heavy atom. The molecule has 1 amide bonds. The summed E-state index contributed by atoms with van der Waals surface area (Å²) in [5, 5.41) is 12.2. The molecule has 3 N–H and O–H groups in total. The highest BCUT2D eigenvalue weighted by atomic mass is 32.2. The van der Waals surface area contributed by atoms with Gasteiger partial charge in [0.05, 0.1) is 11.1 Å². The number of aryl methyl sites for hydroxylation is 1. The zero-order chi connectivity index (χ0) is 38.0. The lowest BCUT2D eigenvalue weighted by molar-refractivity contribution is -0.0331. The van der Waals surface area contributed by atoms with Gasteiger partial charge in [0.2, 0.25) is 0 Å². The molecule has 4 aliphatic rings. The number of halogens is 2.